The van der Waals surface area contributed by atoms with Gasteiger partial charge in [0.1, 0.15) is 5.78 Å². The van der Waals surface area contributed by atoms with E-state index < -0.39 is 0 Å². The first-order chi connectivity index (χ1) is 6.60. The summed E-state index contributed by atoms with van der Waals surface area (Å²) < 4.78 is 0. The summed E-state index contributed by atoms with van der Waals surface area (Å²) >= 11 is 0. The maximum absolute atomic E-state index is 11.5. The molecule has 0 aromatic carbocycles. The lowest BCUT2D eigenvalue weighted by Crippen LogP contribution is -2.15. The third-order valence-corrected chi connectivity index (χ3v) is 2.26. The number of nitrogens with two attached hydrogens (primary N) is 1. The molecule has 3 N–H and O–H groups in total. The molecule has 3 nitrogen and oxygen atoms in total. The molecule has 0 spiro atoms. The number of ketones is 1. The molecule has 0 fully saturated rings. The molecular weight excluding hydrogens is 178 g/mol. The molecule has 0 aromatic rings. The molecule has 0 aliphatic carbocycles. The number of carbonyl (C=O) groups is 1. The van der Waals surface area contributed by atoms with E-state index in [9.17, 15) is 4.79 Å². The van der Waals surface area contributed by atoms with Crippen LogP contribution in [-0.2, 0) is 4.79 Å². The monoisotopic (exact) mass is 201 g/mol. The first-order valence-electron chi connectivity index (χ1n) is 5.42. The van der Waals surface area contributed by atoms with Gasteiger partial charge in [-0.3, -0.25) is 4.79 Å². The van der Waals surface area contributed by atoms with Crippen LogP contribution >= 0.6 is 0 Å². The van der Waals surface area contributed by atoms with Gasteiger partial charge in [-0.05, 0) is 31.2 Å². The second-order valence-electron chi connectivity index (χ2n) is 4.30. The van der Waals surface area contributed by atoms with Crippen molar-refractivity contribution >= 4 is 5.78 Å². The van der Waals surface area contributed by atoms with Crippen LogP contribution in [0.25, 0.3) is 0 Å². The first-order valence-corrected chi connectivity index (χ1v) is 5.42. The summed E-state index contributed by atoms with van der Waals surface area (Å²) in [4.78, 5) is 11.5. The van der Waals surface area contributed by atoms with Crippen molar-refractivity contribution in [2.24, 2.45) is 17.6 Å². The summed E-state index contributed by atoms with van der Waals surface area (Å²) in [6, 6.07) is 0. The van der Waals surface area contributed by atoms with E-state index in [0.29, 0.717) is 37.5 Å². The smallest absolute Gasteiger partial charge is 0.133 e. The van der Waals surface area contributed by atoms with Crippen molar-refractivity contribution in [3.8, 4) is 0 Å². The van der Waals surface area contributed by atoms with Gasteiger partial charge in [0.05, 0.1) is 0 Å². The molecule has 0 bridgehead atoms. The highest BCUT2D eigenvalue weighted by molar-refractivity contribution is 5.78. The standard InChI is InChI=1S/C11H23NO2/c1-9(2)7-11(14)8-10(3-5-12)4-6-13/h9-10,13H,3-8,12H2,1-2H3. The lowest BCUT2D eigenvalue weighted by atomic mass is 9.92. The average molecular weight is 201 g/mol. The predicted octanol–water partition coefficient (Wildman–Crippen LogP) is 1.34. The van der Waals surface area contributed by atoms with Gasteiger partial charge in [0.15, 0.2) is 0 Å². The maximum Gasteiger partial charge on any atom is 0.133 e. The summed E-state index contributed by atoms with van der Waals surface area (Å²) in [6.07, 6.45) is 2.76. The minimum absolute atomic E-state index is 0.152. The summed E-state index contributed by atoms with van der Waals surface area (Å²) in [6.45, 7) is 4.84. The zero-order valence-corrected chi connectivity index (χ0v) is 9.33. The van der Waals surface area contributed by atoms with Gasteiger partial charge in [0.25, 0.3) is 0 Å². The SMILES string of the molecule is CC(C)CC(=O)CC(CCN)CCO. The molecule has 3 heteroatoms. The van der Waals surface area contributed by atoms with E-state index in [2.05, 4.69) is 0 Å². The van der Waals surface area contributed by atoms with E-state index in [-0.39, 0.29) is 12.5 Å². The summed E-state index contributed by atoms with van der Waals surface area (Å²) in [7, 11) is 0. The predicted molar refractivity (Wildman–Crippen MR) is 57.9 cm³/mol. The number of hydrogen-bond donors (Lipinski definition) is 2. The Hall–Kier alpha value is -0.410. The molecule has 0 heterocycles. The van der Waals surface area contributed by atoms with Crippen LogP contribution in [0, 0.1) is 11.8 Å². The second kappa shape index (κ2) is 7.94. The normalized spacial score (nSPS) is 13.2. The van der Waals surface area contributed by atoms with Crippen molar-refractivity contribution < 1.29 is 9.90 Å². The second-order valence-corrected chi connectivity index (χ2v) is 4.30. The first kappa shape index (κ1) is 13.6. The zero-order chi connectivity index (χ0) is 11.0. The number of aliphatic hydroxyl groups excluding tert-OH is 1. The number of carbonyl (C=O) groups excluding carboxylic acids is 1. The fourth-order valence-corrected chi connectivity index (χ4v) is 1.63. The quantitative estimate of drug-likeness (QED) is 0.623. The van der Waals surface area contributed by atoms with Crippen LogP contribution in [0.4, 0.5) is 0 Å². The molecule has 0 rings (SSSR count). The molecule has 0 saturated carbocycles. The lowest BCUT2D eigenvalue weighted by Gasteiger charge is -2.14. The molecule has 1 atom stereocenters. The van der Waals surface area contributed by atoms with Gasteiger partial charge in [0.2, 0.25) is 0 Å². The van der Waals surface area contributed by atoms with Crippen LogP contribution in [0.3, 0.4) is 0 Å². The van der Waals surface area contributed by atoms with E-state index in [0.717, 1.165) is 6.42 Å². The molecular formula is C11H23NO2. The Morgan fingerprint density at radius 1 is 1.29 bits per heavy atom. The van der Waals surface area contributed by atoms with E-state index in [1.165, 1.54) is 0 Å². The molecule has 0 aromatic heterocycles. The van der Waals surface area contributed by atoms with Gasteiger partial charge in [-0.1, -0.05) is 13.8 Å². The van der Waals surface area contributed by atoms with Crippen molar-refractivity contribution in [2.75, 3.05) is 13.2 Å². The highest BCUT2D eigenvalue weighted by atomic mass is 16.3. The van der Waals surface area contributed by atoms with Gasteiger partial charge < -0.3 is 10.8 Å². The van der Waals surface area contributed by atoms with Crippen LogP contribution < -0.4 is 5.73 Å². The van der Waals surface area contributed by atoms with Crippen LogP contribution in [0.15, 0.2) is 0 Å². The molecule has 14 heavy (non-hydrogen) atoms. The van der Waals surface area contributed by atoms with E-state index >= 15 is 0 Å². The summed E-state index contributed by atoms with van der Waals surface area (Å²) in [5, 5.41) is 8.81. The minimum atomic E-state index is 0.152. The van der Waals surface area contributed by atoms with E-state index in [1.807, 2.05) is 13.8 Å². The fraction of sp³-hybridized carbons (Fsp3) is 0.909. The highest BCUT2D eigenvalue weighted by Gasteiger charge is 2.13. The van der Waals surface area contributed by atoms with Crippen molar-refractivity contribution in [2.45, 2.75) is 39.5 Å². The topological polar surface area (TPSA) is 63.3 Å². The van der Waals surface area contributed by atoms with Crippen LogP contribution in [-0.4, -0.2) is 24.0 Å². The Kier molecular flexibility index (Phi) is 7.71. The molecule has 0 aliphatic rings. The Labute approximate surface area is 86.7 Å². The Morgan fingerprint density at radius 2 is 1.93 bits per heavy atom. The average Bonchev–Trinajstić information content (AvgIpc) is 2.03. The Morgan fingerprint density at radius 3 is 2.36 bits per heavy atom. The zero-order valence-electron chi connectivity index (χ0n) is 9.33. The number of aliphatic hydroxyl groups is 1. The van der Waals surface area contributed by atoms with Gasteiger partial charge in [-0.25, -0.2) is 0 Å². The van der Waals surface area contributed by atoms with Crippen LogP contribution in [0.5, 0.6) is 0 Å². The molecule has 0 amide bonds. The number of Topliss-reactive ketones (excluding diaryl/α,β-unsaturated/α-hetero) is 1. The highest BCUT2D eigenvalue weighted by Crippen LogP contribution is 2.15. The van der Waals surface area contributed by atoms with Crippen molar-refractivity contribution in [1.29, 1.82) is 0 Å². The van der Waals surface area contributed by atoms with Gasteiger partial charge in [-0.15, -0.1) is 0 Å². The third-order valence-electron chi connectivity index (χ3n) is 2.26. The van der Waals surface area contributed by atoms with Crippen molar-refractivity contribution in [3.05, 3.63) is 0 Å². The number of hydrogen-bond acceptors (Lipinski definition) is 3. The minimum Gasteiger partial charge on any atom is -0.396 e. The lowest BCUT2D eigenvalue weighted by molar-refractivity contribution is -0.120. The van der Waals surface area contributed by atoms with Crippen molar-refractivity contribution in [1.82, 2.24) is 0 Å². The van der Waals surface area contributed by atoms with Gasteiger partial charge in [-0.2, -0.15) is 0 Å². The third kappa shape index (κ3) is 7.04. The maximum atomic E-state index is 11.5. The summed E-state index contributed by atoms with van der Waals surface area (Å²) in [5.74, 6) is 0.998. The molecule has 0 radical (unpaired) electrons. The van der Waals surface area contributed by atoms with E-state index in [4.69, 9.17) is 10.8 Å². The van der Waals surface area contributed by atoms with Crippen LogP contribution in [0.1, 0.15) is 39.5 Å². The van der Waals surface area contributed by atoms with E-state index in [1.54, 1.807) is 0 Å². The van der Waals surface area contributed by atoms with Crippen molar-refractivity contribution in [3.63, 3.8) is 0 Å². The van der Waals surface area contributed by atoms with Gasteiger partial charge >= 0.3 is 0 Å². The number of rotatable bonds is 8. The molecule has 84 valence electrons. The summed E-state index contributed by atoms with van der Waals surface area (Å²) in [5.41, 5.74) is 5.44. The molecule has 0 aliphatic heterocycles. The Balaban J connectivity index is 3.82. The largest absolute Gasteiger partial charge is 0.396 e. The fourth-order valence-electron chi connectivity index (χ4n) is 1.63. The Bertz CT molecular complexity index is 151. The molecule has 1 unspecified atom stereocenters. The van der Waals surface area contributed by atoms with Gasteiger partial charge in [0, 0.05) is 19.4 Å². The molecule has 0 saturated heterocycles. The van der Waals surface area contributed by atoms with Crippen LogP contribution in [0.2, 0.25) is 0 Å².